The van der Waals surface area contributed by atoms with E-state index in [-0.39, 0.29) is 29.9 Å². The van der Waals surface area contributed by atoms with Crippen LogP contribution < -0.4 is 5.32 Å². The van der Waals surface area contributed by atoms with Gasteiger partial charge < -0.3 is 15.5 Å². The molecule has 1 atom stereocenters. The van der Waals surface area contributed by atoms with Gasteiger partial charge in [0.15, 0.2) is 5.75 Å². The number of phenolic OH excluding ortho intramolecular Hbond substituents is 1. The minimum Gasteiger partial charge on any atom is -0.505 e. The number of aromatic nitrogens is 1. The third-order valence-electron chi connectivity index (χ3n) is 3.44. The molecule has 23 heavy (non-hydrogen) atoms. The molecule has 0 saturated heterocycles. The largest absolute Gasteiger partial charge is 0.505 e. The topological polar surface area (TPSA) is 82.5 Å². The van der Waals surface area contributed by atoms with Crippen molar-refractivity contribution in [3.8, 4) is 5.75 Å². The smallest absolute Gasteiger partial charge is 0.255 e. The Kier molecular flexibility index (Phi) is 8.05. The molecule has 3 N–H and O–H groups in total. The molecule has 2 rings (SSSR count). The Hall–Kier alpha value is -2.14. The molecule has 1 unspecified atom stereocenters. The van der Waals surface area contributed by atoms with Crippen LogP contribution in [-0.4, -0.2) is 33.8 Å². The maximum absolute atomic E-state index is 12.3. The van der Waals surface area contributed by atoms with Crippen molar-refractivity contribution in [2.75, 3.05) is 6.61 Å². The molecule has 1 aromatic heterocycles. The number of aliphatic hydroxyl groups is 1. The van der Waals surface area contributed by atoms with Crippen molar-refractivity contribution in [3.05, 3.63) is 36.0 Å². The molecule has 0 saturated carbocycles. The predicted molar refractivity (Wildman–Crippen MR) is 92.6 cm³/mol. The standard InChI is InChI=1S/C16H20N2O3.C2H6/c1-2-4-12(8-10-19)18-16(21)13-7-6-11-5-3-9-17-14(11)15(13)20;1-2/h3,5-7,9,12,19-20H,2,4,8,10H2,1H3,(H,18,21);1-2H3. The summed E-state index contributed by atoms with van der Waals surface area (Å²) in [4.78, 5) is 16.4. The van der Waals surface area contributed by atoms with Gasteiger partial charge in [-0.15, -0.1) is 0 Å². The number of nitrogens with zero attached hydrogens (tertiary/aromatic N) is 1. The van der Waals surface area contributed by atoms with Gasteiger partial charge in [0, 0.05) is 24.2 Å². The first-order chi connectivity index (χ1) is 11.2. The average Bonchev–Trinajstić information content (AvgIpc) is 2.57. The van der Waals surface area contributed by atoms with Crippen molar-refractivity contribution >= 4 is 16.8 Å². The maximum Gasteiger partial charge on any atom is 0.255 e. The van der Waals surface area contributed by atoms with Gasteiger partial charge in [-0.25, -0.2) is 0 Å². The molecule has 0 spiro atoms. The SMILES string of the molecule is CC.CCCC(CCO)NC(=O)c1ccc2cccnc2c1O. The highest BCUT2D eigenvalue weighted by atomic mass is 16.3. The lowest BCUT2D eigenvalue weighted by molar-refractivity contribution is 0.0925. The molecule has 0 fully saturated rings. The lowest BCUT2D eigenvalue weighted by Gasteiger charge is -2.17. The van der Waals surface area contributed by atoms with Gasteiger partial charge in [0.25, 0.3) is 5.91 Å². The van der Waals surface area contributed by atoms with Crippen LogP contribution in [0.2, 0.25) is 0 Å². The lowest BCUT2D eigenvalue weighted by Crippen LogP contribution is -2.35. The summed E-state index contributed by atoms with van der Waals surface area (Å²) >= 11 is 0. The van der Waals surface area contributed by atoms with Gasteiger partial charge in [0.2, 0.25) is 0 Å². The summed E-state index contributed by atoms with van der Waals surface area (Å²) in [5, 5.41) is 22.9. The van der Waals surface area contributed by atoms with Crippen LogP contribution in [0.4, 0.5) is 0 Å². The summed E-state index contributed by atoms with van der Waals surface area (Å²) in [7, 11) is 0. The van der Waals surface area contributed by atoms with Crippen molar-refractivity contribution in [1.29, 1.82) is 0 Å². The molecule has 5 nitrogen and oxygen atoms in total. The molecular weight excluding hydrogens is 292 g/mol. The van der Waals surface area contributed by atoms with E-state index in [4.69, 9.17) is 5.11 Å². The van der Waals surface area contributed by atoms with E-state index < -0.39 is 0 Å². The van der Waals surface area contributed by atoms with Crippen LogP contribution >= 0.6 is 0 Å². The lowest BCUT2D eigenvalue weighted by atomic mass is 10.1. The van der Waals surface area contributed by atoms with Gasteiger partial charge in [0.1, 0.15) is 5.52 Å². The third-order valence-corrected chi connectivity index (χ3v) is 3.44. The van der Waals surface area contributed by atoms with Crippen LogP contribution in [0.25, 0.3) is 10.9 Å². The molecule has 1 heterocycles. The molecule has 0 aliphatic carbocycles. The van der Waals surface area contributed by atoms with Gasteiger partial charge in [-0.3, -0.25) is 9.78 Å². The fourth-order valence-electron chi connectivity index (χ4n) is 2.37. The van der Waals surface area contributed by atoms with Crippen LogP contribution in [0, 0.1) is 0 Å². The second-order valence-electron chi connectivity index (χ2n) is 5.01. The Morgan fingerprint density at radius 3 is 2.65 bits per heavy atom. The quantitative estimate of drug-likeness (QED) is 0.763. The number of hydrogen-bond acceptors (Lipinski definition) is 4. The second-order valence-corrected chi connectivity index (χ2v) is 5.01. The van der Waals surface area contributed by atoms with E-state index in [0.29, 0.717) is 11.9 Å². The van der Waals surface area contributed by atoms with Gasteiger partial charge in [-0.05, 0) is 25.0 Å². The van der Waals surface area contributed by atoms with Crippen LogP contribution in [0.5, 0.6) is 5.75 Å². The van der Waals surface area contributed by atoms with E-state index in [1.165, 1.54) is 0 Å². The van der Waals surface area contributed by atoms with E-state index in [9.17, 15) is 9.90 Å². The normalized spacial score (nSPS) is 11.5. The first-order valence-electron chi connectivity index (χ1n) is 8.15. The van der Waals surface area contributed by atoms with E-state index in [1.807, 2.05) is 26.8 Å². The Morgan fingerprint density at radius 1 is 1.26 bits per heavy atom. The zero-order chi connectivity index (χ0) is 17.2. The molecule has 0 aliphatic heterocycles. The number of aromatic hydroxyl groups is 1. The summed E-state index contributed by atoms with van der Waals surface area (Å²) in [6.07, 6.45) is 3.79. The fourth-order valence-corrected chi connectivity index (χ4v) is 2.37. The zero-order valence-corrected chi connectivity index (χ0v) is 14.0. The number of benzene rings is 1. The number of nitrogens with one attached hydrogen (secondary N) is 1. The molecule has 5 heteroatoms. The number of pyridine rings is 1. The van der Waals surface area contributed by atoms with Crippen molar-refractivity contribution < 1.29 is 15.0 Å². The fraction of sp³-hybridized carbons (Fsp3) is 0.444. The number of fused-ring (bicyclic) bond motifs is 1. The first-order valence-corrected chi connectivity index (χ1v) is 8.15. The number of amides is 1. The summed E-state index contributed by atoms with van der Waals surface area (Å²) in [6.45, 7) is 6.05. The number of phenols is 1. The Balaban J connectivity index is 0.00000127. The number of hydrogen-bond donors (Lipinski definition) is 3. The second kappa shape index (κ2) is 9.79. The minimum absolute atomic E-state index is 0.0240. The van der Waals surface area contributed by atoms with Gasteiger partial charge in [0.05, 0.1) is 5.56 Å². The van der Waals surface area contributed by atoms with Crippen LogP contribution in [0.15, 0.2) is 30.5 Å². The summed E-state index contributed by atoms with van der Waals surface area (Å²) < 4.78 is 0. The first kappa shape index (κ1) is 18.9. The molecule has 0 bridgehead atoms. The van der Waals surface area contributed by atoms with Gasteiger partial charge >= 0.3 is 0 Å². The van der Waals surface area contributed by atoms with Gasteiger partial charge in [-0.1, -0.05) is 39.3 Å². The Bertz CT molecular complexity index is 623. The summed E-state index contributed by atoms with van der Waals surface area (Å²) in [6, 6.07) is 6.87. The molecule has 126 valence electrons. The molecule has 1 amide bonds. The van der Waals surface area contributed by atoms with Crippen molar-refractivity contribution in [2.24, 2.45) is 0 Å². The highest BCUT2D eigenvalue weighted by Crippen LogP contribution is 2.26. The number of rotatable bonds is 6. The Morgan fingerprint density at radius 2 is 2.00 bits per heavy atom. The van der Waals surface area contributed by atoms with Crippen molar-refractivity contribution in [3.63, 3.8) is 0 Å². The average molecular weight is 318 g/mol. The maximum atomic E-state index is 12.3. The zero-order valence-electron chi connectivity index (χ0n) is 14.0. The molecular formula is C18H26N2O3. The number of carbonyl (C=O) groups excluding carboxylic acids is 1. The molecule has 0 aliphatic rings. The van der Waals surface area contributed by atoms with Crippen molar-refractivity contribution in [2.45, 2.75) is 46.1 Å². The minimum atomic E-state index is -0.341. The summed E-state index contributed by atoms with van der Waals surface area (Å²) in [5.41, 5.74) is 0.625. The van der Waals surface area contributed by atoms with Crippen LogP contribution in [-0.2, 0) is 0 Å². The van der Waals surface area contributed by atoms with Crippen LogP contribution in [0.3, 0.4) is 0 Å². The molecule has 1 aromatic carbocycles. The monoisotopic (exact) mass is 318 g/mol. The van der Waals surface area contributed by atoms with Crippen LogP contribution in [0.1, 0.15) is 50.4 Å². The Labute approximate surface area is 137 Å². The van der Waals surface area contributed by atoms with E-state index in [2.05, 4.69) is 10.3 Å². The predicted octanol–water partition coefficient (Wildman–Crippen LogP) is 3.25. The molecule has 2 aromatic rings. The number of aliphatic hydroxyl groups excluding tert-OH is 1. The number of carbonyl (C=O) groups is 1. The highest BCUT2D eigenvalue weighted by Gasteiger charge is 2.17. The summed E-state index contributed by atoms with van der Waals surface area (Å²) in [5.74, 6) is -0.447. The third kappa shape index (κ3) is 4.93. The highest BCUT2D eigenvalue weighted by molar-refractivity contribution is 6.02. The van der Waals surface area contributed by atoms with E-state index >= 15 is 0 Å². The van der Waals surface area contributed by atoms with E-state index in [0.717, 1.165) is 18.2 Å². The van der Waals surface area contributed by atoms with Gasteiger partial charge in [-0.2, -0.15) is 0 Å². The van der Waals surface area contributed by atoms with Crippen molar-refractivity contribution in [1.82, 2.24) is 10.3 Å². The molecule has 0 radical (unpaired) electrons. The van der Waals surface area contributed by atoms with E-state index in [1.54, 1.807) is 24.4 Å².